The first-order valence-corrected chi connectivity index (χ1v) is 6.05. The molecule has 2 heterocycles. The largest absolute Gasteiger partial charge is 0.394 e. The molecule has 5 nitrogen and oxygen atoms in total. The van der Waals surface area contributed by atoms with E-state index in [-0.39, 0.29) is 18.8 Å². The summed E-state index contributed by atoms with van der Waals surface area (Å²) in [5.74, 6) is 0.922. The van der Waals surface area contributed by atoms with Gasteiger partial charge in [0, 0.05) is 24.8 Å². The van der Waals surface area contributed by atoms with Crippen LogP contribution in [0.2, 0.25) is 0 Å². The van der Waals surface area contributed by atoms with Crippen molar-refractivity contribution in [2.24, 2.45) is 0 Å². The van der Waals surface area contributed by atoms with Crippen molar-refractivity contribution < 1.29 is 9.84 Å². The summed E-state index contributed by atoms with van der Waals surface area (Å²) in [5.41, 5.74) is 1.04. The van der Waals surface area contributed by atoms with E-state index in [0.717, 1.165) is 24.5 Å². The van der Waals surface area contributed by atoms with Gasteiger partial charge in [0.2, 0.25) is 0 Å². The van der Waals surface area contributed by atoms with Crippen LogP contribution in [0.15, 0.2) is 12.4 Å². The van der Waals surface area contributed by atoms with Crippen LogP contribution in [-0.4, -0.2) is 47.0 Å². The van der Waals surface area contributed by atoms with Crippen LogP contribution in [0.3, 0.4) is 0 Å². The Kier molecular flexibility index (Phi) is 3.91. The highest BCUT2D eigenvalue weighted by Crippen LogP contribution is 2.18. The first-order valence-electron chi connectivity index (χ1n) is 6.05. The molecule has 1 aliphatic heterocycles. The molecule has 0 spiro atoms. The number of rotatable bonds is 3. The standard InChI is InChI=1S/C12H19N3O2/c1-3-10-4-12(14-8-13-10)15-5-9(2)17-11(6-15)7-16/h4,8-9,11,16H,3,5-7H2,1-2H3. The molecule has 5 heteroatoms. The van der Waals surface area contributed by atoms with Gasteiger partial charge >= 0.3 is 0 Å². The predicted octanol–water partition coefficient (Wildman–Crippen LogP) is 0.625. The van der Waals surface area contributed by atoms with Gasteiger partial charge in [-0.25, -0.2) is 9.97 Å². The Hall–Kier alpha value is -1.20. The van der Waals surface area contributed by atoms with E-state index in [1.54, 1.807) is 6.33 Å². The predicted molar refractivity (Wildman–Crippen MR) is 65.0 cm³/mol. The Morgan fingerprint density at radius 3 is 3.00 bits per heavy atom. The lowest BCUT2D eigenvalue weighted by atomic mass is 10.2. The van der Waals surface area contributed by atoms with Crippen molar-refractivity contribution >= 4 is 5.82 Å². The summed E-state index contributed by atoms with van der Waals surface area (Å²) in [6.07, 6.45) is 2.49. The van der Waals surface area contributed by atoms with Crippen molar-refractivity contribution in [3.63, 3.8) is 0 Å². The van der Waals surface area contributed by atoms with Crippen LogP contribution < -0.4 is 4.90 Å². The van der Waals surface area contributed by atoms with E-state index in [2.05, 4.69) is 21.8 Å². The van der Waals surface area contributed by atoms with Crippen LogP contribution in [0.5, 0.6) is 0 Å². The van der Waals surface area contributed by atoms with E-state index in [0.29, 0.717) is 6.54 Å². The number of aryl methyl sites for hydroxylation is 1. The van der Waals surface area contributed by atoms with E-state index in [1.165, 1.54) is 0 Å². The fraction of sp³-hybridized carbons (Fsp3) is 0.667. The summed E-state index contributed by atoms with van der Waals surface area (Å²) in [4.78, 5) is 10.6. The molecule has 0 amide bonds. The van der Waals surface area contributed by atoms with E-state index >= 15 is 0 Å². The quantitative estimate of drug-likeness (QED) is 0.835. The molecule has 1 fully saturated rings. The maximum absolute atomic E-state index is 9.19. The van der Waals surface area contributed by atoms with Crippen LogP contribution in [0, 0.1) is 0 Å². The average molecular weight is 237 g/mol. The molecule has 94 valence electrons. The molecule has 2 unspecified atom stereocenters. The van der Waals surface area contributed by atoms with Gasteiger partial charge in [-0.15, -0.1) is 0 Å². The number of aliphatic hydroxyl groups is 1. The second-order valence-corrected chi connectivity index (χ2v) is 4.38. The smallest absolute Gasteiger partial charge is 0.132 e. The summed E-state index contributed by atoms with van der Waals surface area (Å²) >= 11 is 0. The number of nitrogens with zero attached hydrogens (tertiary/aromatic N) is 3. The number of aromatic nitrogens is 2. The van der Waals surface area contributed by atoms with Gasteiger partial charge in [0.1, 0.15) is 12.1 Å². The lowest BCUT2D eigenvalue weighted by Crippen LogP contribution is -2.48. The highest BCUT2D eigenvalue weighted by atomic mass is 16.5. The van der Waals surface area contributed by atoms with Crippen LogP contribution >= 0.6 is 0 Å². The molecule has 1 saturated heterocycles. The van der Waals surface area contributed by atoms with Crippen LogP contribution in [0.25, 0.3) is 0 Å². The number of morpholine rings is 1. The molecule has 1 aromatic rings. The third-order valence-corrected chi connectivity index (χ3v) is 2.93. The summed E-state index contributed by atoms with van der Waals surface area (Å²) in [5, 5.41) is 9.19. The zero-order valence-electron chi connectivity index (χ0n) is 10.3. The molecule has 0 aliphatic carbocycles. The first kappa shape index (κ1) is 12.3. The summed E-state index contributed by atoms with van der Waals surface area (Å²) in [7, 11) is 0. The molecule has 0 bridgehead atoms. The molecule has 2 rings (SSSR count). The van der Waals surface area contributed by atoms with Crippen molar-refractivity contribution in [2.75, 3.05) is 24.6 Å². The average Bonchev–Trinajstić information content (AvgIpc) is 2.38. The van der Waals surface area contributed by atoms with Crippen molar-refractivity contribution in [1.29, 1.82) is 0 Å². The van der Waals surface area contributed by atoms with Gasteiger partial charge in [-0.3, -0.25) is 0 Å². The molecule has 1 aromatic heterocycles. The number of hydrogen-bond donors (Lipinski definition) is 1. The van der Waals surface area contributed by atoms with Crippen molar-refractivity contribution in [3.05, 3.63) is 18.1 Å². The van der Waals surface area contributed by atoms with Gasteiger partial charge in [0.25, 0.3) is 0 Å². The number of ether oxygens (including phenoxy) is 1. The third-order valence-electron chi connectivity index (χ3n) is 2.93. The zero-order valence-corrected chi connectivity index (χ0v) is 10.3. The highest BCUT2D eigenvalue weighted by Gasteiger charge is 2.25. The Morgan fingerprint density at radius 1 is 1.47 bits per heavy atom. The lowest BCUT2D eigenvalue weighted by molar-refractivity contribution is -0.0423. The van der Waals surface area contributed by atoms with Crippen molar-refractivity contribution in [1.82, 2.24) is 9.97 Å². The van der Waals surface area contributed by atoms with E-state index in [9.17, 15) is 5.11 Å². The first-order chi connectivity index (χ1) is 8.22. The van der Waals surface area contributed by atoms with Crippen molar-refractivity contribution in [2.45, 2.75) is 32.5 Å². The molecule has 2 atom stereocenters. The molecule has 1 aliphatic rings. The number of anilines is 1. The fourth-order valence-corrected chi connectivity index (χ4v) is 2.09. The van der Waals surface area contributed by atoms with Gasteiger partial charge in [-0.05, 0) is 13.3 Å². The van der Waals surface area contributed by atoms with Gasteiger partial charge < -0.3 is 14.7 Å². The Morgan fingerprint density at radius 2 is 2.29 bits per heavy atom. The Bertz CT molecular complexity index is 373. The maximum Gasteiger partial charge on any atom is 0.132 e. The molecule has 0 saturated carbocycles. The third kappa shape index (κ3) is 2.92. The Labute approximate surface area is 101 Å². The van der Waals surface area contributed by atoms with Crippen LogP contribution in [0.4, 0.5) is 5.82 Å². The number of hydrogen-bond acceptors (Lipinski definition) is 5. The second kappa shape index (κ2) is 5.42. The lowest BCUT2D eigenvalue weighted by Gasteiger charge is -2.36. The molecular formula is C12H19N3O2. The monoisotopic (exact) mass is 237 g/mol. The van der Waals surface area contributed by atoms with Crippen LogP contribution in [-0.2, 0) is 11.2 Å². The van der Waals surface area contributed by atoms with Gasteiger partial charge in [-0.2, -0.15) is 0 Å². The minimum absolute atomic E-state index is 0.0482. The van der Waals surface area contributed by atoms with Crippen LogP contribution in [0.1, 0.15) is 19.5 Å². The molecule has 1 N–H and O–H groups in total. The number of aliphatic hydroxyl groups excluding tert-OH is 1. The van der Waals surface area contributed by atoms with Crippen molar-refractivity contribution in [3.8, 4) is 0 Å². The summed E-state index contributed by atoms with van der Waals surface area (Å²) in [6.45, 7) is 5.62. The Balaban J connectivity index is 2.14. The van der Waals surface area contributed by atoms with E-state index in [1.807, 2.05) is 13.0 Å². The fourth-order valence-electron chi connectivity index (χ4n) is 2.09. The zero-order chi connectivity index (χ0) is 12.3. The summed E-state index contributed by atoms with van der Waals surface area (Å²) in [6, 6.07) is 2.01. The highest BCUT2D eigenvalue weighted by molar-refractivity contribution is 5.39. The molecule has 0 aromatic carbocycles. The minimum Gasteiger partial charge on any atom is -0.394 e. The van der Waals surface area contributed by atoms with Gasteiger partial charge in [0.15, 0.2) is 0 Å². The van der Waals surface area contributed by atoms with Gasteiger partial charge in [-0.1, -0.05) is 6.92 Å². The molecule has 0 radical (unpaired) electrons. The van der Waals surface area contributed by atoms with E-state index in [4.69, 9.17) is 4.74 Å². The summed E-state index contributed by atoms with van der Waals surface area (Å²) < 4.78 is 5.61. The molecule has 17 heavy (non-hydrogen) atoms. The molecular weight excluding hydrogens is 218 g/mol. The minimum atomic E-state index is -0.126. The van der Waals surface area contributed by atoms with Gasteiger partial charge in [0.05, 0.1) is 18.8 Å². The van der Waals surface area contributed by atoms with E-state index < -0.39 is 0 Å². The normalized spacial score (nSPS) is 25.0. The SMILES string of the molecule is CCc1cc(N2CC(C)OC(CO)C2)ncn1. The topological polar surface area (TPSA) is 58.5 Å². The second-order valence-electron chi connectivity index (χ2n) is 4.38. The maximum atomic E-state index is 9.19.